The zero-order valence-electron chi connectivity index (χ0n) is 13.4. The second-order valence-electron chi connectivity index (χ2n) is 5.12. The van der Waals surface area contributed by atoms with E-state index in [9.17, 15) is 9.59 Å². The van der Waals surface area contributed by atoms with Crippen molar-refractivity contribution in [3.05, 3.63) is 10.4 Å². The van der Waals surface area contributed by atoms with E-state index in [1.165, 1.54) is 18.4 Å². The standard InChI is InChI=1S/C15H24N2O3S/c1-6-8-17(7-2)14-10(15(19)20-5)11(16)13(21-14)12(18)9(3)4/h9H,6-8,16H2,1-5H3. The zero-order chi connectivity index (χ0) is 16.2. The maximum atomic E-state index is 12.3. The first kappa shape index (κ1) is 17.5. The number of rotatable bonds is 7. The van der Waals surface area contributed by atoms with E-state index in [4.69, 9.17) is 10.5 Å². The molecule has 118 valence electrons. The van der Waals surface area contributed by atoms with Gasteiger partial charge in [-0.1, -0.05) is 20.8 Å². The van der Waals surface area contributed by atoms with Gasteiger partial charge in [-0.3, -0.25) is 4.79 Å². The molecule has 6 heteroatoms. The topological polar surface area (TPSA) is 72.6 Å². The first-order valence-corrected chi connectivity index (χ1v) is 8.00. The fourth-order valence-electron chi connectivity index (χ4n) is 2.07. The lowest BCUT2D eigenvalue weighted by Gasteiger charge is -2.21. The van der Waals surface area contributed by atoms with Crippen molar-refractivity contribution in [1.82, 2.24) is 0 Å². The van der Waals surface area contributed by atoms with E-state index in [1.807, 2.05) is 20.8 Å². The van der Waals surface area contributed by atoms with Crippen LogP contribution in [0.2, 0.25) is 0 Å². The highest BCUT2D eigenvalue weighted by molar-refractivity contribution is 7.19. The second kappa shape index (κ2) is 7.45. The number of Topliss-reactive ketones (excluding diaryl/α,β-unsaturated/α-hetero) is 1. The predicted molar refractivity (Wildman–Crippen MR) is 87.4 cm³/mol. The van der Waals surface area contributed by atoms with Gasteiger partial charge in [0.15, 0.2) is 5.78 Å². The smallest absolute Gasteiger partial charge is 0.343 e. The van der Waals surface area contributed by atoms with Crippen LogP contribution in [-0.2, 0) is 4.74 Å². The van der Waals surface area contributed by atoms with Crippen LogP contribution in [0.15, 0.2) is 0 Å². The molecule has 0 amide bonds. The highest BCUT2D eigenvalue weighted by Gasteiger charge is 2.29. The molecule has 0 saturated carbocycles. The number of methoxy groups -OCH3 is 1. The Labute approximate surface area is 130 Å². The van der Waals surface area contributed by atoms with Gasteiger partial charge in [0.2, 0.25) is 0 Å². The number of carbonyl (C=O) groups excluding carboxylic acids is 2. The lowest BCUT2D eigenvalue weighted by atomic mass is 10.1. The number of thiophene rings is 1. The molecule has 5 nitrogen and oxygen atoms in total. The maximum absolute atomic E-state index is 12.3. The van der Waals surface area contributed by atoms with Gasteiger partial charge < -0.3 is 15.4 Å². The third kappa shape index (κ3) is 3.56. The number of nitrogens with zero attached hydrogens (tertiary/aromatic N) is 1. The number of nitrogens with two attached hydrogens (primary N) is 1. The first-order valence-electron chi connectivity index (χ1n) is 7.18. The van der Waals surface area contributed by atoms with Crippen molar-refractivity contribution >= 4 is 33.8 Å². The summed E-state index contributed by atoms with van der Waals surface area (Å²) in [4.78, 5) is 26.8. The van der Waals surface area contributed by atoms with Crippen LogP contribution in [0.4, 0.5) is 10.7 Å². The largest absolute Gasteiger partial charge is 0.465 e. The van der Waals surface area contributed by atoms with Crippen LogP contribution >= 0.6 is 11.3 Å². The number of nitrogen functional groups attached to an aromatic ring is 1. The van der Waals surface area contributed by atoms with Crippen molar-refractivity contribution in [3.63, 3.8) is 0 Å². The molecule has 0 saturated heterocycles. The molecule has 0 bridgehead atoms. The molecule has 0 aliphatic rings. The fourth-order valence-corrected chi connectivity index (χ4v) is 3.46. The van der Waals surface area contributed by atoms with Crippen molar-refractivity contribution in [2.24, 2.45) is 5.92 Å². The summed E-state index contributed by atoms with van der Waals surface area (Å²) in [6.07, 6.45) is 0.944. The van der Waals surface area contributed by atoms with Gasteiger partial charge in [-0.15, -0.1) is 11.3 Å². The van der Waals surface area contributed by atoms with E-state index in [1.54, 1.807) is 0 Å². The molecule has 0 spiro atoms. The average molecular weight is 312 g/mol. The van der Waals surface area contributed by atoms with E-state index < -0.39 is 5.97 Å². The Hall–Kier alpha value is -1.56. The van der Waals surface area contributed by atoms with Gasteiger partial charge in [0.1, 0.15) is 10.6 Å². The molecule has 1 rings (SSSR count). The third-order valence-corrected chi connectivity index (χ3v) is 4.51. The van der Waals surface area contributed by atoms with Gasteiger partial charge in [0.05, 0.1) is 17.7 Å². The molecule has 21 heavy (non-hydrogen) atoms. The third-order valence-electron chi connectivity index (χ3n) is 3.23. The first-order chi connectivity index (χ1) is 9.88. The van der Waals surface area contributed by atoms with Crippen LogP contribution in [0.5, 0.6) is 0 Å². The highest BCUT2D eigenvalue weighted by atomic mass is 32.1. The number of anilines is 2. The number of hydrogen-bond donors (Lipinski definition) is 1. The van der Waals surface area contributed by atoms with Crippen LogP contribution in [0, 0.1) is 5.92 Å². The summed E-state index contributed by atoms with van der Waals surface area (Å²) >= 11 is 1.29. The van der Waals surface area contributed by atoms with Gasteiger partial charge in [-0.05, 0) is 13.3 Å². The van der Waals surface area contributed by atoms with E-state index in [2.05, 4.69) is 11.8 Å². The van der Waals surface area contributed by atoms with Gasteiger partial charge in [-0.25, -0.2) is 4.79 Å². The molecule has 1 aromatic heterocycles. The molecule has 1 heterocycles. The minimum Gasteiger partial charge on any atom is -0.465 e. The molecule has 0 unspecified atom stereocenters. The lowest BCUT2D eigenvalue weighted by Crippen LogP contribution is -2.24. The molecule has 0 fully saturated rings. The van der Waals surface area contributed by atoms with Crippen LogP contribution in [-0.4, -0.2) is 32.0 Å². The number of hydrogen-bond acceptors (Lipinski definition) is 6. The Morgan fingerprint density at radius 2 is 1.95 bits per heavy atom. The van der Waals surface area contributed by atoms with Gasteiger partial charge in [-0.2, -0.15) is 0 Å². The summed E-state index contributed by atoms with van der Waals surface area (Å²) in [5.41, 5.74) is 6.64. The molecule has 2 N–H and O–H groups in total. The monoisotopic (exact) mass is 312 g/mol. The molecule has 0 aliphatic carbocycles. The van der Waals surface area contributed by atoms with Crippen LogP contribution in [0.3, 0.4) is 0 Å². The van der Waals surface area contributed by atoms with Crippen LogP contribution in [0.1, 0.15) is 54.1 Å². The summed E-state index contributed by atoms with van der Waals surface area (Å²) in [5.74, 6) is -0.692. The number of esters is 1. The molecular formula is C15H24N2O3S. The predicted octanol–water partition coefficient (Wildman–Crippen LogP) is 3.19. The average Bonchev–Trinajstić information content (AvgIpc) is 2.80. The quantitative estimate of drug-likeness (QED) is 0.618. The second-order valence-corrected chi connectivity index (χ2v) is 6.11. The molecule has 0 aliphatic heterocycles. The Bertz CT molecular complexity index is 523. The van der Waals surface area contributed by atoms with Crippen molar-refractivity contribution in [2.45, 2.75) is 34.1 Å². The Morgan fingerprint density at radius 1 is 1.33 bits per heavy atom. The number of ketones is 1. The SMILES string of the molecule is CCCN(CC)c1sc(C(=O)C(C)C)c(N)c1C(=O)OC. The fraction of sp³-hybridized carbons (Fsp3) is 0.600. The minimum absolute atomic E-state index is 0.0403. The minimum atomic E-state index is -0.490. The summed E-state index contributed by atoms with van der Waals surface area (Å²) < 4.78 is 4.83. The molecule has 0 radical (unpaired) electrons. The van der Waals surface area contributed by atoms with E-state index >= 15 is 0 Å². The summed E-state index contributed by atoms with van der Waals surface area (Å²) in [7, 11) is 1.32. The van der Waals surface area contributed by atoms with Crippen molar-refractivity contribution < 1.29 is 14.3 Å². The van der Waals surface area contributed by atoms with Gasteiger partial charge >= 0.3 is 5.97 Å². The Morgan fingerprint density at radius 3 is 2.38 bits per heavy atom. The van der Waals surface area contributed by atoms with E-state index in [0.717, 1.165) is 24.5 Å². The van der Waals surface area contributed by atoms with Crippen LogP contribution < -0.4 is 10.6 Å². The molecule has 0 atom stereocenters. The normalized spacial score (nSPS) is 10.8. The molecule has 0 aromatic carbocycles. The summed E-state index contributed by atoms with van der Waals surface area (Å²) in [5, 5.41) is 0.729. The lowest BCUT2D eigenvalue weighted by molar-refractivity contribution is 0.0603. The Kier molecular flexibility index (Phi) is 6.20. The van der Waals surface area contributed by atoms with Crippen molar-refractivity contribution in [2.75, 3.05) is 30.8 Å². The molecular weight excluding hydrogens is 288 g/mol. The van der Waals surface area contributed by atoms with E-state index in [0.29, 0.717) is 10.4 Å². The highest BCUT2D eigenvalue weighted by Crippen LogP contribution is 2.40. The molecule has 1 aromatic rings. The van der Waals surface area contributed by atoms with Gasteiger partial charge in [0.25, 0.3) is 0 Å². The Balaban J connectivity index is 3.43. The van der Waals surface area contributed by atoms with Crippen LogP contribution in [0.25, 0.3) is 0 Å². The maximum Gasteiger partial charge on any atom is 0.343 e. The summed E-state index contributed by atoms with van der Waals surface area (Å²) in [6, 6.07) is 0. The number of ether oxygens (including phenoxy) is 1. The van der Waals surface area contributed by atoms with Crippen molar-refractivity contribution in [3.8, 4) is 0 Å². The number of carbonyl (C=O) groups is 2. The zero-order valence-corrected chi connectivity index (χ0v) is 14.2. The summed E-state index contributed by atoms with van der Waals surface area (Å²) in [6.45, 7) is 9.27. The van der Waals surface area contributed by atoms with Crippen molar-refractivity contribution in [1.29, 1.82) is 0 Å². The van der Waals surface area contributed by atoms with E-state index in [-0.39, 0.29) is 17.4 Å². The van der Waals surface area contributed by atoms with Gasteiger partial charge in [0, 0.05) is 19.0 Å².